The Labute approximate surface area is 191 Å². The van der Waals surface area contributed by atoms with E-state index in [1.54, 1.807) is 13.8 Å². The van der Waals surface area contributed by atoms with Gasteiger partial charge in [-0.2, -0.15) is 16.8 Å². The van der Waals surface area contributed by atoms with Crippen LogP contribution in [0.3, 0.4) is 0 Å². The first-order valence-corrected chi connectivity index (χ1v) is 13.9. The fourth-order valence-corrected chi connectivity index (χ4v) is 5.19. The first kappa shape index (κ1) is 30.8. The number of hydrogen-bond acceptors (Lipinski definition) is 8. The van der Waals surface area contributed by atoms with Gasteiger partial charge in [-0.3, -0.25) is 18.7 Å². The van der Waals surface area contributed by atoms with Gasteiger partial charge < -0.3 is 9.47 Å². The van der Waals surface area contributed by atoms with E-state index in [2.05, 4.69) is 0 Å². The number of rotatable bonds is 17. The summed E-state index contributed by atoms with van der Waals surface area (Å²) >= 11 is 0. The van der Waals surface area contributed by atoms with Gasteiger partial charge in [0.2, 0.25) is 0 Å². The van der Waals surface area contributed by atoms with Crippen LogP contribution in [0, 0.1) is 0 Å². The number of esters is 2. The second-order valence-electron chi connectivity index (χ2n) is 8.05. The molecule has 0 saturated heterocycles. The van der Waals surface area contributed by atoms with E-state index in [1.165, 1.54) is 0 Å². The highest BCUT2D eigenvalue weighted by molar-refractivity contribution is 7.87. The molecule has 2 unspecified atom stereocenters. The summed E-state index contributed by atoms with van der Waals surface area (Å²) in [5, 5.41) is 0. The van der Waals surface area contributed by atoms with Crippen LogP contribution in [0.1, 0.15) is 91.9 Å². The standard InChI is InChI=1S/C20H38O10S2/c1-5-9-13-19(7-3,31(23,24)25)15-29-17(21)11-12-18(22)30-16-20(8-4,14-10-6-2)32(26,27)28/h5-16H2,1-4H3,(H,23,24,25)(H,26,27,28). The Hall–Kier alpha value is -1.24. The van der Waals surface area contributed by atoms with E-state index >= 15 is 0 Å². The molecule has 0 aromatic rings. The van der Waals surface area contributed by atoms with Gasteiger partial charge in [0.25, 0.3) is 20.2 Å². The maximum atomic E-state index is 12.0. The summed E-state index contributed by atoms with van der Waals surface area (Å²) in [6.45, 7) is 5.80. The Morgan fingerprint density at radius 3 is 1.22 bits per heavy atom. The third-order valence-electron chi connectivity index (χ3n) is 5.88. The van der Waals surface area contributed by atoms with Crippen LogP contribution in [0.5, 0.6) is 0 Å². The highest BCUT2D eigenvalue weighted by Gasteiger charge is 2.43. The van der Waals surface area contributed by atoms with E-state index in [9.17, 15) is 35.5 Å². The van der Waals surface area contributed by atoms with Gasteiger partial charge >= 0.3 is 11.9 Å². The molecule has 12 heteroatoms. The van der Waals surface area contributed by atoms with Crippen LogP contribution in [0.25, 0.3) is 0 Å². The van der Waals surface area contributed by atoms with E-state index in [0.717, 1.165) is 0 Å². The van der Waals surface area contributed by atoms with Gasteiger partial charge in [0.1, 0.15) is 22.7 Å². The third kappa shape index (κ3) is 8.95. The van der Waals surface area contributed by atoms with E-state index in [-0.39, 0.29) is 25.7 Å². The van der Waals surface area contributed by atoms with Gasteiger partial charge in [0.15, 0.2) is 0 Å². The Morgan fingerprint density at radius 2 is 1.00 bits per heavy atom. The van der Waals surface area contributed by atoms with E-state index in [0.29, 0.717) is 25.7 Å². The Kier molecular flexibility index (Phi) is 12.9. The van der Waals surface area contributed by atoms with Crippen LogP contribution < -0.4 is 0 Å². The lowest BCUT2D eigenvalue weighted by atomic mass is 9.99. The molecule has 0 amide bonds. The van der Waals surface area contributed by atoms with Gasteiger partial charge in [-0.05, 0) is 25.7 Å². The second kappa shape index (κ2) is 13.5. The smallest absolute Gasteiger partial charge is 0.306 e. The highest BCUT2D eigenvalue weighted by Crippen LogP contribution is 2.29. The molecule has 0 spiro atoms. The van der Waals surface area contributed by atoms with Gasteiger partial charge in [-0.1, -0.05) is 53.4 Å². The Balaban J connectivity index is 4.91. The Morgan fingerprint density at radius 1 is 0.688 bits per heavy atom. The summed E-state index contributed by atoms with van der Waals surface area (Å²) in [6, 6.07) is 0. The zero-order chi connectivity index (χ0) is 25.1. The van der Waals surface area contributed by atoms with Crippen molar-refractivity contribution >= 4 is 32.2 Å². The van der Waals surface area contributed by atoms with Gasteiger partial charge in [-0.15, -0.1) is 0 Å². The lowest BCUT2D eigenvalue weighted by molar-refractivity contribution is -0.151. The molecule has 0 fully saturated rings. The van der Waals surface area contributed by atoms with Gasteiger partial charge in [-0.25, -0.2) is 0 Å². The van der Waals surface area contributed by atoms with E-state index in [1.807, 2.05) is 13.8 Å². The summed E-state index contributed by atoms with van der Waals surface area (Å²) < 4.78 is 73.5. The number of carbonyl (C=O) groups is 2. The normalized spacial score (nSPS) is 16.1. The molecule has 0 aliphatic rings. The molecule has 190 valence electrons. The first-order valence-electron chi connectivity index (χ1n) is 11.0. The van der Waals surface area contributed by atoms with Crippen molar-refractivity contribution < 1.29 is 45.0 Å². The number of hydrogen-bond donors (Lipinski definition) is 2. The van der Waals surface area contributed by atoms with Crippen LogP contribution >= 0.6 is 0 Å². The molecule has 0 aliphatic heterocycles. The molecule has 0 radical (unpaired) electrons. The monoisotopic (exact) mass is 502 g/mol. The predicted molar refractivity (Wildman–Crippen MR) is 119 cm³/mol. The van der Waals surface area contributed by atoms with Crippen molar-refractivity contribution in [1.82, 2.24) is 0 Å². The van der Waals surface area contributed by atoms with Crippen molar-refractivity contribution in [1.29, 1.82) is 0 Å². The van der Waals surface area contributed by atoms with Crippen molar-refractivity contribution in [2.45, 2.75) is 101 Å². The fourth-order valence-electron chi connectivity index (χ4n) is 3.24. The third-order valence-corrected chi connectivity index (χ3v) is 9.29. The minimum absolute atomic E-state index is 0.0493. The fraction of sp³-hybridized carbons (Fsp3) is 0.900. The highest BCUT2D eigenvalue weighted by atomic mass is 32.2. The molecule has 10 nitrogen and oxygen atoms in total. The summed E-state index contributed by atoms with van der Waals surface area (Å²) in [5.74, 6) is -1.69. The summed E-state index contributed by atoms with van der Waals surface area (Å²) in [7, 11) is -8.95. The van der Waals surface area contributed by atoms with Crippen LogP contribution in [0.2, 0.25) is 0 Å². The molecular formula is C20H38O10S2. The maximum Gasteiger partial charge on any atom is 0.306 e. The number of unbranched alkanes of at least 4 members (excludes halogenated alkanes) is 2. The van der Waals surface area contributed by atoms with Crippen LogP contribution in [-0.2, 0) is 39.3 Å². The summed E-state index contributed by atoms with van der Waals surface area (Å²) in [5.41, 5.74) is 0. The summed E-state index contributed by atoms with van der Waals surface area (Å²) in [6.07, 6.45) is 1.96. The molecule has 0 saturated carbocycles. The van der Waals surface area contributed by atoms with E-state index in [4.69, 9.17) is 9.47 Å². The average Bonchev–Trinajstić information content (AvgIpc) is 2.71. The minimum Gasteiger partial charge on any atom is -0.464 e. The zero-order valence-electron chi connectivity index (χ0n) is 19.5. The molecule has 0 aliphatic carbocycles. The van der Waals surface area contributed by atoms with Crippen LogP contribution in [-0.4, -0.2) is 60.6 Å². The van der Waals surface area contributed by atoms with Crippen LogP contribution in [0.15, 0.2) is 0 Å². The molecule has 0 heterocycles. The van der Waals surface area contributed by atoms with Gasteiger partial charge in [0, 0.05) is 0 Å². The maximum absolute atomic E-state index is 12.0. The molecular weight excluding hydrogens is 464 g/mol. The molecule has 2 atom stereocenters. The SMILES string of the molecule is CCCCC(CC)(COC(=O)CCC(=O)OCC(CC)(CCCC)S(=O)(=O)O)S(=O)(=O)O. The number of ether oxygens (including phenoxy) is 2. The predicted octanol–water partition coefficient (Wildman–Crippen LogP) is 3.31. The van der Waals surface area contributed by atoms with Crippen molar-refractivity contribution in [3.63, 3.8) is 0 Å². The molecule has 0 rings (SSSR count). The number of carbonyl (C=O) groups excluding carboxylic acids is 2. The topological polar surface area (TPSA) is 161 Å². The van der Waals surface area contributed by atoms with Gasteiger partial charge in [0.05, 0.1) is 12.8 Å². The average molecular weight is 503 g/mol. The second-order valence-corrected chi connectivity index (χ2v) is 11.7. The zero-order valence-corrected chi connectivity index (χ0v) is 21.1. The van der Waals surface area contributed by atoms with E-state index < -0.39 is 67.7 Å². The lowest BCUT2D eigenvalue weighted by Gasteiger charge is -2.29. The quantitative estimate of drug-likeness (QED) is 0.223. The molecule has 32 heavy (non-hydrogen) atoms. The molecule has 0 aromatic carbocycles. The van der Waals surface area contributed by atoms with Crippen molar-refractivity contribution in [3.05, 3.63) is 0 Å². The van der Waals surface area contributed by atoms with Crippen molar-refractivity contribution in [2.24, 2.45) is 0 Å². The Bertz CT molecular complexity index is 738. The molecule has 0 bridgehead atoms. The van der Waals surface area contributed by atoms with Crippen molar-refractivity contribution in [3.8, 4) is 0 Å². The van der Waals surface area contributed by atoms with Crippen LogP contribution in [0.4, 0.5) is 0 Å². The molecule has 2 N–H and O–H groups in total. The largest absolute Gasteiger partial charge is 0.464 e. The lowest BCUT2D eigenvalue weighted by Crippen LogP contribution is -2.43. The minimum atomic E-state index is -4.47. The first-order chi connectivity index (χ1) is 14.7. The summed E-state index contributed by atoms with van der Waals surface area (Å²) in [4.78, 5) is 24.1. The molecule has 0 aromatic heterocycles. The van der Waals surface area contributed by atoms with Crippen molar-refractivity contribution in [2.75, 3.05) is 13.2 Å².